The number of hydrogen-bond acceptors (Lipinski definition) is 2. The zero-order valence-electron chi connectivity index (χ0n) is 17.4. The van der Waals surface area contributed by atoms with Crippen molar-refractivity contribution in [1.82, 2.24) is 4.90 Å². The quantitative estimate of drug-likeness (QED) is 0.736. The number of carbonyl (C=O) groups excluding carboxylic acids is 1. The Hall–Kier alpha value is -2.82. The molecule has 0 bridgehead atoms. The van der Waals surface area contributed by atoms with E-state index in [4.69, 9.17) is 0 Å². The number of aliphatic carboxylic acids is 1. The van der Waals surface area contributed by atoms with E-state index in [1.165, 1.54) is 0 Å². The van der Waals surface area contributed by atoms with Gasteiger partial charge in [-0.25, -0.2) is 4.79 Å². The van der Waals surface area contributed by atoms with Gasteiger partial charge in [0.05, 0.1) is 12.5 Å². The number of amides is 2. The zero-order valence-corrected chi connectivity index (χ0v) is 17.4. The van der Waals surface area contributed by atoms with Gasteiger partial charge in [-0.3, -0.25) is 9.69 Å². The first-order valence-electron chi connectivity index (χ1n) is 11.1. The molecule has 2 atom stereocenters. The van der Waals surface area contributed by atoms with E-state index in [9.17, 15) is 14.7 Å². The number of likely N-dealkylation sites (tertiary alicyclic amines) is 1. The summed E-state index contributed by atoms with van der Waals surface area (Å²) in [6.07, 6.45) is 5.90. The predicted molar refractivity (Wildman–Crippen MR) is 118 cm³/mol. The molecule has 4 rings (SSSR count). The van der Waals surface area contributed by atoms with Crippen LogP contribution in [0.3, 0.4) is 0 Å². The molecule has 158 valence electrons. The number of urea groups is 1. The Morgan fingerprint density at radius 2 is 1.57 bits per heavy atom. The van der Waals surface area contributed by atoms with Crippen LogP contribution in [0.2, 0.25) is 0 Å². The van der Waals surface area contributed by atoms with Gasteiger partial charge in [-0.05, 0) is 54.9 Å². The van der Waals surface area contributed by atoms with E-state index < -0.39 is 5.97 Å². The summed E-state index contributed by atoms with van der Waals surface area (Å²) >= 11 is 0. The van der Waals surface area contributed by atoms with Gasteiger partial charge in [-0.15, -0.1) is 0 Å². The van der Waals surface area contributed by atoms with Crippen LogP contribution in [0.1, 0.15) is 55.6 Å². The van der Waals surface area contributed by atoms with Gasteiger partial charge in [0.25, 0.3) is 0 Å². The minimum absolute atomic E-state index is 0.0565. The lowest BCUT2D eigenvalue weighted by Gasteiger charge is -2.30. The zero-order chi connectivity index (χ0) is 20.9. The smallest absolute Gasteiger partial charge is 0.324 e. The average Bonchev–Trinajstić information content (AvgIpc) is 3.33. The molecule has 30 heavy (non-hydrogen) atoms. The number of benzene rings is 2. The minimum Gasteiger partial charge on any atom is -0.481 e. The lowest BCUT2D eigenvalue weighted by atomic mass is 9.75. The van der Waals surface area contributed by atoms with E-state index in [0.717, 1.165) is 68.4 Å². The Bertz CT molecular complexity index is 860. The van der Waals surface area contributed by atoms with Crippen molar-refractivity contribution in [1.29, 1.82) is 0 Å². The van der Waals surface area contributed by atoms with Crippen LogP contribution in [0.4, 0.5) is 10.5 Å². The Morgan fingerprint density at radius 3 is 2.23 bits per heavy atom. The van der Waals surface area contributed by atoms with E-state index in [-0.39, 0.29) is 17.9 Å². The number of nitrogens with zero attached hydrogens (tertiary/aromatic N) is 2. The Balaban J connectivity index is 1.53. The van der Waals surface area contributed by atoms with Crippen molar-refractivity contribution in [2.45, 2.75) is 51.0 Å². The highest BCUT2D eigenvalue weighted by Crippen LogP contribution is 2.38. The van der Waals surface area contributed by atoms with Crippen LogP contribution >= 0.6 is 0 Å². The molecule has 5 nitrogen and oxygen atoms in total. The molecule has 2 amide bonds. The first-order valence-corrected chi connectivity index (χ1v) is 11.1. The summed E-state index contributed by atoms with van der Waals surface area (Å²) < 4.78 is 0. The van der Waals surface area contributed by atoms with Crippen molar-refractivity contribution in [3.8, 4) is 0 Å². The average molecular weight is 407 g/mol. The molecule has 0 spiro atoms. The minimum atomic E-state index is -0.685. The fraction of sp³-hybridized carbons (Fsp3) is 0.440. The number of carboxylic acid groups (broad SMARTS) is 1. The van der Waals surface area contributed by atoms with Gasteiger partial charge in [0.1, 0.15) is 0 Å². The lowest BCUT2D eigenvalue weighted by molar-refractivity contribution is -0.143. The molecule has 2 fully saturated rings. The summed E-state index contributed by atoms with van der Waals surface area (Å²) in [5, 5.41) is 9.59. The van der Waals surface area contributed by atoms with Crippen LogP contribution < -0.4 is 4.90 Å². The summed E-state index contributed by atoms with van der Waals surface area (Å²) in [6, 6.07) is 18.1. The van der Waals surface area contributed by atoms with Gasteiger partial charge in [0.15, 0.2) is 0 Å². The summed E-state index contributed by atoms with van der Waals surface area (Å²) in [7, 11) is 0. The van der Waals surface area contributed by atoms with Gasteiger partial charge in [0.2, 0.25) is 0 Å². The van der Waals surface area contributed by atoms with Crippen LogP contribution in [0.15, 0.2) is 54.6 Å². The molecule has 2 aromatic rings. The van der Waals surface area contributed by atoms with E-state index in [1.807, 2.05) is 40.1 Å². The number of para-hydroxylation sites is 1. The van der Waals surface area contributed by atoms with Crippen molar-refractivity contribution in [3.63, 3.8) is 0 Å². The molecular formula is C25H30N2O3. The molecule has 1 saturated heterocycles. The number of rotatable bonds is 5. The highest BCUT2D eigenvalue weighted by Gasteiger charge is 2.32. The number of carbonyl (C=O) groups is 2. The molecule has 1 saturated carbocycles. The number of carboxylic acids is 1. The molecule has 5 heteroatoms. The first kappa shape index (κ1) is 20.5. The van der Waals surface area contributed by atoms with E-state index in [0.29, 0.717) is 6.54 Å². The first-order chi connectivity index (χ1) is 14.6. The lowest BCUT2D eigenvalue weighted by Crippen LogP contribution is -2.41. The molecule has 0 unspecified atom stereocenters. The molecule has 1 N–H and O–H groups in total. The van der Waals surface area contributed by atoms with E-state index >= 15 is 0 Å². The van der Waals surface area contributed by atoms with Crippen molar-refractivity contribution in [2.24, 2.45) is 5.92 Å². The fourth-order valence-corrected chi connectivity index (χ4v) is 4.83. The SMILES string of the molecule is O=C(O)[C@H]1CCCC[C@@H]1c1ccc(CN(C(=O)N2CCCC2)c2ccccc2)cc1. The number of hydrogen-bond donors (Lipinski definition) is 1. The Labute approximate surface area is 178 Å². The van der Waals surface area contributed by atoms with E-state index in [2.05, 4.69) is 24.3 Å². The monoisotopic (exact) mass is 406 g/mol. The summed E-state index contributed by atoms with van der Waals surface area (Å²) in [5.74, 6) is -0.890. The fourth-order valence-electron chi connectivity index (χ4n) is 4.83. The van der Waals surface area contributed by atoms with Gasteiger partial charge in [0, 0.05) is 18.8 Å². The summed E-state index contributed by atoms with van der Waals surface area (Å²) in [6.45, 7) is 2.14. The summed E-state index contributed by atoms with van der Waals surface area (Å²) in [5.41, 5.74) is 3.05. The second kappa shape index (κ2) is 9.33. The van der Waals surface area contributed by atoms with Crippen LogP contribution in [-0.2, 0) is 11.3 Å². The third-order valence-corrected chi connectivity index (χ3v) is 6.51. The predicted octanol–water partition coefficient (Wildman–Crippen LogP) is 5.27. The van der Waals surface area contributed by atoms with Gasteiger partial charge >= 0.3 is 12.0 Å². The molecule has 1 heterocycles. The third kappa shape index (κ3) is 4.50. The van der Waals surface area contributed by atoms with Gasteiger partial charge in [-0.2, -0.15) is 0 Å². The highest BCUT2D eigenvalue weighted by molar-refractivity contribution is 5.92. The second-order valence-corrected chi connectivity index (χ2v) is 8.48. The third-order valence-electron chi connectivity index (χ3n) is 6.51. The van der Waals surface area contributed by atoms with Crippen molar-refractivity contribution in [2.75, 3.05) is 18.0 Å². The largest absolute Gasteiger partial charge is 0.481 e. The molecule has 2 aromatic carbocycles. The maximum absolute atomic E-state index is 13.2. The topological polar surface area (TPSA) is 60.9 Å². The summed E-state index contributed by atoms with van der Waals surface area (Å²) in [4.78, 5) is 28.6. The normalized spacial score (nSPS) is 21.4. The van der Waals surface area contributed by atoms with Crippen LogP contribution in [0.25, 0.3) is 0 Å². The maximum atomic E-state index is 13.2. The molecule has 1 aliphatic heterocycles. The second-order valence-electron chi connectivity index (χ2n) is 8.48. The molecule has 0 aromatic heterocycles. The van der Waals surface area contributed by atoms with Gasteiger partial charge < -0.3 is 10.0 Å². The van der Waals surface area contributed by atoms with Crippen molar-refractivity contribution >= 4 is 17.7 Å². The standard InChI is InChI=1S/C25H30N2O3/c28-24(29)23-11-5-4-10-22(23)20-14-12-19(13-15-20)18-27(21-8-2-1-3-9-21)25(30)26-16-6-7-17-26/h1-3,8-9,12-15,22-23H,4-7,10-11,16-18H2,(H,28,29)/t22-,23+/m1/s1. The van der Waals surface area contributed by atoms with Crippen LogP contribution in [-0.4, -0.2) is 35.1 Å². The van der Waals surface area contributed by atoms with Gasteiger partial charge in [-0.1, -0.05) is 55.3 Å². The van der Waals surface area contributed by atoms with Crippen molar-refractivity contribution < 1.29 is 14.7 Å². The molecule has 0 radical (unpaired) electrons. The van der Waals surface area contributed by atoms with Crippen LogP contribution in [0, 0.1) is 5.92 Å². The van der Waals surface area contributed by atoms with Crippen molar-refractivity contribution in [3.05, 3.63) is 65.7 Å². The maximum Gasteiger partial charge on any atom is 0.324 e. The van der Waals surface area contributed by atoms with Crippen LogP contribution in [0.5, 0.6) is 0 Å². The van der Waals surface area contributed by atoms with E-state index in [1.54, 1.807) is 0 Å². The Kier molecular flexibility index (Phi) is 6.36. The molecule has 2 aliphatic rings. The highest BCUT2D eigenvalue weighted by atomic mass is 16.4. The Morgan fingerprint density at radius 1 is 0.900 bits per heavy atom. The molecular weight excluding hydrogens is 376 g/mol. The molecule has 1 aliphatic carbocycles. The number of anilines is 1.